The molecule has 0 aromatic heterocycles. The first-order chi connectivity index (χ1) is 53.7. The third-order valence-electron chi connectivity index (χ3n) is 14.8. The van der Waals surface area contributed by atoms with E-state index in [1.54, 1.807) is 41.5 Å². The molecular formula is C72H172O26Si20. The molecule has 46 heteroatoms. The molecule has 118 heavy (non-hydrogen) atoms. The fraction of sp³-hybridized carbons (Fsp3) is 0.750. The van der Waals surface area contributed by atoms with E-state index in [1.807, 2.05) is 0 Å². The van der Waals surface area contributed by atoms with Gasteiger partial charge in [-0.25, -0.2) is 28.8 Å². The van der Waals surface area contributed by atoms with E-state index in [2.05, 4.69) is 236 Å². The minimum atomic E-state index is -2.05. The van der Waals surface area contributed by atoms with Gasteiger partial charge < -0.3 is 86.0 Å². The Morgan fingerprint density at radius 2 is 0.483 bits per heavy atom. The molecule has 0 saturated heterocycles. The average Bonchev–Trinajstić information content (AvgIpc) is 0.883. The molecule has 0 aromatic carbocycles. The molecule has 2 unspecified atom stereocenters. The number of carbonyl (C=O) groups is 6. The lowest BCUT2D eigenvalue weighted by atomic mass is 10.4. The second kappa shape index (κ2) is 69.1. The molecule has 0 saturated carbocycles. The SMILES string of the molecule is C=C(C)C(=O)OCCC[SiH2]O[SiH](C)C.C=C(C)C(=O)OCCC[SiH2]O[Si](C)(C)O[SiH](C)C.C=C(C)C(=O)OCCC[Si](C)(C)O[SiH2]O[SiH](C)C.C=C(C)C(=O)OCCC[Si](C)(C)O[SiH2]O[Si](C)(C)O[SiH](C)C.C=C(C)C(=O)OCCC[Si](C)(C)O[SiH](C)O[Si](C)(C)O[SiH](C)C.C=C(C)C(=O)OCCC[Si](C)(C)O[SiH](C)O[Si](C)(C)O[SiH](C)C. The van der Waals surface area contributed by atoms with E-state index < -0.39 is 170 Å². The van der Waals surface area contributed by atoms with E-state index in [9.17, 15) is 28.8 Å². The van der Waals surface area contributed by atoms with Gasteiger partial charge in [-0.2, -0.15) is 0 Å². The summed E-state index contributed by atoms with van der Waals surface area (Å²) >= 11 is 0. The highest BCUT2D eigenvalue weighted by Crippen LogP contribution is 2.22. The topological polar surface area (TPSA) is 287 Å². The summed E-state index contributed by atoms with van der Waals surface area (Å²) in [6.45, 7) is 98.2. The van der Waals surface area contributed by atoms with Gasteiger partial charge in [0, 0.05) is 33.4 Å². The van der Waals surface area contributed by atoms with Gasteiger partial charge in [-0.15, -0.1) is 0 Å². The van der Waals surface area contributed by atoms with E-state index in [0.29, 0.717) is 73.1 Å². The normalized spacial score (nSPS) is 13.0. The lowest BCUT2D eigenvalue weighted by Gasteiger charge is -2.33. The summed E-state index contributed by atoms with van der Waals surface area (Å²) in [5.74, 6) is -1.86. The highest BCUT2D eigenvalue weighted by atomic mass is 28.5. The molecule has 0 radical (unpaired) electrons. The Morgan fingerprint density at radius 3 is 0.737 bits per heavy atom. The van der Waals surface area contributed by atoms with Gasteiger partial charge in [0.1, 0.15) is 19.5 Å². The average molecular weight is 2020 g/mol. The number of hydrogen-bond donors (Lipinski definition) is 0. The van der Waals surface area contributed by atoms with Crippen molar-refractivity contribution in [3.05, 3.63) is 72.9 Å². The number of rotatable bonds is 58. The van der Waals surface area contributed by atoms with Gasteiger partial charge in [-0.3, -0.25) is 0 Å². The maximum atomic E-state index is 11.3. The number of hydrogen-bond acceptors (Lipinski definition) is 26. The predicted octanol–water partition coefficient (Wildman–Crippen LogP) is 13.4. The molecule has 0 N–H and O–H groups in total. The summed E-state index contributed by atoms with van der Waals surface area (Å²) in [6.07, 6.45) is 5.10. The number of ether oxygens (including phenoxy) is 6. The number of carbonyl (C=O) groups excluding carboxylic acids is 6. The first-order valence-electron chi connectivity index (χ1n) is 41.8. The van der Waals surface area contributed by atoms with Crippen LogP contribution in [0.15, 0.2) is 72.9 Å². The van der Waals surface area contributed by atoms with E-state index in [-0.39, 0.29) is 45.6 Å². The summed E-state index contributed by atoms with van der Waals surface area (Å²) in [5, 5.41) is 0. The molecule has 0 aliphatic carbocycles. The molecule has 696 valence electrons. The first-order valence-corrected chi connectivity index (χ1v) is 91.9. The molecular weight excluding hydrogens is 1840 g/mol. The lowest BCUT2D eigenvalue weighted by Crippen LogP contribution is -2.47. The zero-order valence-corrected chi connectivity index (χ0v) is 104. The first kappa shape index (κ1) is 128. The summed E-state index contributed by atoms with van der Waals surface area (Å²) in [7, 11) is -27.1. The van der Waals surface area contributed by atoms with Crippen molar-refractivity contribution in [1.29, 1.82) is 0 Å². The van der Waals surface area contributed by atoms with E-state index >= 15 is 0 Å². The summed E-state index contributed by atoms with van der Waals surface area (Å²) < 4.78 is 114. The Labute approximate surface area is 749 Å². The van der Waals surface area contributed by atoms with Crippen molar-refractivity contribution >= 4 is 216 Å². The molecule has 0 amide bonds. The van der Waals surface area contributed by atoms with Crippen molar-refractivity contribution in [2.75, 3.05) is 39.6 Å². The summed E-state index contributed by atoms with van der Waals surface area (Å²) in [5.41, 5.74) is 2.68. The zero-order chi connectivity index (χ0) is 93.2. The van der Waals surface area contributed by atoms with Crippen LogP contribution in [-0.2, 0) is 115 Å². The van der Waals surface area contributed by atoms with Crippen molar-refractivity contribution in [1.82, 2.24) is 0 Å². The minimum Gasteiger partial charge on any atom is -0.463 e. The Bertz CT molecular complexity index is 2800. The van der Waals surface area contributed by atoms with Crippen molar-refractivity contribution in [3.8, 4) is 0 Å². The molecule has 0 aliphatic heterocycles. The fourth-order valence-corrected chi connectivity index (χ4v) is 64.5. The molecule has 2 atom stereocenters. The van der Waals surface area contributed by atoms with Crippen LogP contribution in [0.2, 0.25) is 233 Å². The quantitative estimate of drug-likeness (QED) is 0.0180. The molecule has 0 heterocycles. The molecule has 26 nitrogen and oxygen atoms in total. The van der Waals surface area contributed by atoms with Crippen LogP contribution in [0.4, 0.5) is 0 Å². The van der Waals surface area contributed by atoms with Crippen LogP contribution in [0.5, 0.6) is 0 Å². The monoisotopic (exact) mass is 2010 g/mol. The van der Waals surface area contributed by atoms with Gasteiger partial charge in [0.05, 0.1) is 39.6 Å². The van der Waals surface area contributed by atoms with E-state index in [4.69, 9.17) is 86.0 Å². The van der Waals surface area contributed by atoms with Crippen LogP contribution in [0, 0.1) is 0 Å². The largest absolute Gasteiger partial charge is 0.463 e. The van der Waals surface area contributed by atoms with E-state index in [0.717, 1.165) is 74.8 Å². The van der Waals surface area contributed by atoms with Gasteiger partial charge >= 0.3 is 70.1 Å². The highest BCUT2D eigenvalue weighted by molar-refractivity contribution is 6.83. The highest BCUT2D eigenvalue weighted by Gasteiger charge is 2.36. The standard InChI is InChI=1S/2C14H34O5Si4.C13H32O5Si4.2C11H26O4Si3.C9H20O3Si2/c2*1-13(2)14(15)16-11-10-12-22(6,7)18-21(5)19-23(8,9)17-20(3)4;1-12(2)13(14)15-10-9-11-21(5,6)16-19-17-22(7,8)18-20(3)4;1-10(2)11(12)13-8-7-9-18(5,6)15-16-14-17(3)4;1-10(2)11(12)13-8-7-9-16-14-18(5,6)15-17(3)4;1-8(2)9(10)11-6-5-7-13-12-14(3)4/h2*20-21H,1,10-12H2,2-9H3;20H,1,9-11,19H2,2-8H3;2*17H,1,7-9,16H2,2-6H3;14H,1,5-7,13H2,2-4H3. The molecule has 0 rings (SSSR count). The Balaban J connectivity index is -0.000000321. The van der Waals surface area contributed by atoms with Crippen molar-refractivity contribution in [2.24, 2.45) is 0 Å². The van der Waals surface area contributed by atoms with Gasteiger partial charge in [0.25, 0.3) is 38.6 Å². The Kier molecular flexibility index (Phi) is 74.9. The third-order valence-corrected chi connectivity index (χ3v) is 75.1. The number of esters is 6. The van der Waals surface area contributed by atoms with Crippen LogP contribution in [0.3, 0.4) is 0 Å². The molecule has 0 aliphatic rings. The maximum Gasteiger partial charge on any atom is 0.333 e. The van der Waals surface area contributed by atoms with Crippen LogP contribution in [-0.4, -0.2) is 255 Å². The fourth-order valence-electron chi connectivity index (χ4n) is 9.83. The minimum absolute atomic E-state index is 0.286. The molecule has 0 fully saturated rings. The summed E-state index contributed by atoms with van der Waals surface area (Å²) in [6, 6.07) is 5.94. The van der Waals surface area contributed by atoms with E-state index in [1.165, 1.54) is 0 Å². The van der Waals surface area contributed by atoms with Crippen LogP contribution in [0.1, 0.15) is 80.1 Å². The predicted molar refractivity (Wildman–Crippen MR) is 540 cm³/mol. The van der Waals surface area contributed by atoms with Crippen LogP contribution >= 0.6 is 0 Å². The maximum absolute atomic E-state index is 11.3. The Morgan fingerprint density at radius 1 is 0.254 bits per heavy atom. The lowest BCUT2D eigenvalue weighted by molar-refractivity contribution is -0.139. The molecule has 0 spiro atoms. The van der Waals surface area contributed by atoms with Crippen molar-refractivity contribution in [3.63, 3.8) is 0 Å². The van der Waals surface area contributed by atoms with Gasteiger partial charge in [-0.1, -0.05) is 39.5 Å². The third kappa shape index (κ3) is 89.8. The van der Waals surface area contributed by atoms with Gasteiger partial charge in [0.15, 0.2) is 87.5 Å². The van der Waals surface area contributed by atoms with Gasteiger partial charge in [-0.05, 0) is 313 Å². The van der Waals surface area contributed by atoms with Gasteiger partial charge in [0.2, 0.25) is 0 Å². The van der Waals surface area contributed by atoms with Crippen LogP contribution in [0.25, 0.3) is 0 Å². The molecule has 0 bridgehead atoms. The smallest absolute Gasteiger partial charge is 0.333 e. The Hall–Kier alpha value is -0.962. The van der Waals surface area contributed by atoms with Crippen LogP contribution < -0.4 is 0 Å². The van der Waals surface area contributed by atoms with Crippen molar-refractivity contribution in [2.45, 2.75) is 313 Å². The summed E-state index contributed by atoms with van der Waals surface area (Å²) in [4.78, 5) is 67.2. The van der Waals surface area contributed by atoms with Crippen molar-refractivity contribution < 1.29 is 115 Å². The second-order valence-electron chi connectivity index (χ2n) is 34.9. The zero-order valence-electron chi connectivity index (χ0n) is 81.0. The molecule has 0 aromatic rings. The second-order valence-corrected chi connectivity index (χ2v) is 94.6.